The number of nitrogens with one attached hydrogen (secondary N) is 1. The molecule has 0 spiro atoms. The lowest BCUT2D eigenvalue weighted by Crippen LogP contribution is -2.03. The summed E-state index contributed by atoms with van der Waals surface area (Å²) in [6, 6.07) is 15.7. The lowest BCUT2D eigenvalue weighted by atomic mass is 10.1. The van der Waals surface area contributed by atoms with Gasteiger partial charge in [-0.25, -0.2) is 0 Å². The number of hydrogen-bond acceptors (Lipinski definition) is 4. The van der Waals surface area contributed by atoms with Crippen molar-refractivity contribution in [1.82, 2.24) is 29.4 Å². The second-order valence-corrected chi connectivity index (χ2v) is 6.48. The molecule has 0 aliphatic rings. The van der Waals surface area contributed by atoms with Crippen molar-refractivity contribution in [3.8, 4) is 11.4 Å². The average molecular weight is 356 g/mol. The van der Waals surface area contributed by atoms with Gasteiger partial charge >= 0.3 is 0 Å². The number of carbonyl (C=O) groups excluding carboxylic acids is 1. The van der Waals surface area contributed by atoms with Crippen LogP contribution in [0.25, 0.3) is 28.1 Å². The normalized spacial score (nSPS) is 11.4. The van der Waals surface area contributed by atoms with Gasteiger partial charge in [0.1, 0.15) is 17.8 Å². The molecule has 0 radical (unpaired) electrons. The van der Waals surface area contributed by atoms with Gasteiger partial charge in [0.2, 0.25) is 0 Å². The van der Waals surface area contributed by atoms with E-state index in [1.807, 2.05) is 53.9 Å². The second-order valence-electron chi connectivity index (χ2n) is 6.48. The number of aryl methyl sites for hydroxylation is 1. The molecule has 0 aliphatic carbocycles. The average Bonchev–Trinajstić information content (AvgIpc) is 3.41. The number of carbonyl (C=O) groups is 1. The van der Waals surface area contributed by atoms with E-state index in [1.54, 1.807) is 0 Å². The van der Waals surface area contributed by atoms with Gasteiger partial charge in [-0.15, -0.1) is 10.2 Å². The van der Waals surface area contributed by atoms with Crippen LogP contribution in [0.4, 0.5) is 0 Å². The van der Waals surface area contributed by atoms with E-state index in [0.717, 1.165) is 45.7 Å². The highest BCUT2D eigenvalue weighted by molar-refractivity contribution is 5.86. The monoisotopic (exact) mass is 356 g/mol. The van der Waals surface area contributed by atoms with E-state index in [1.165, 1.54) is 0 Å². The summed E-state index contributed by atoms with van der Waals surface area (Å²) >= 11 is 0. The fraction of sp³-hybridized carbons (Fsp3) is 0.100. The number of pyridine rings is 1. The highest BCUT2D eigenvalue weighted by atomic mass is 16.1. The Balaban J connectivity index is 1.78. The summed E-state index contributed by atoms with van der Waals surface area (Å²) in [6.07, 6.45) is 2.68. The molecule has 5 rings (SSSR count). The Bertz CT molecular complexity index is 1280. The topological polar surface area (TPSA) is 80.9 Å². The van der Waals surface area contributed by atoms with E-state index in [2.05, 4.69) is 37.1 Å². The Morgan fingerprint density at radius 1 is 1.07 bits per heavy atom. The number of nitrogens with zero attached hydrogens (tertiary/aromatic N) is 5. The molecule has 0 unspecified atom stereocenters. The molecule has 0 atom stereocenters. The molecule has 0 aliphatic heterocycles. The Morgan fingerprint density at radius 3 is 2.81 bits per heavy atom. The number of aromatic amines is 1. The van der Waals surface area contributed by atoms with Crippen LogP contribution in [-0.2, 0) is 6.54 Å². The zero-order chi connectivity index (χ0) is 18.4. The Hall–Kier alpha value is -3.74. The number of hydrogen-bond donors (Lipinski definition) is 1. The number of aromatic nitrogens is 6. The van der Waals surface area contributed by atoms with Crippen molar-refractivity contribution in [3.63, 3.8) is 0 Å². The second kappa shape index (κ2) is 5.91. The SMILES string of the molecule is Cc1nnc2ccc3c(cc(-c4cc[nH]n4)n3Cc3cccc(C=O)c3)n12. The molecule has 5 aromatic rings. The maximum Gasteiger partial charge on any atom is 0.161 e. The van der Waals surface area contributed by atoms with E-state index in [-0.39, 0.29) is 0 Å². The molecule has 1 N–H and O–H groups in total. The fourth-order valence-corrected chi connectivity index (χ4v) is 3.57. The van der Waals surface area contributed by atoms with Crippen LogP contribution in [0.15, 0.2) is 54.7 Å². The molecular weight excluding hydrogens is 340 g/mol. The first kappa shape index (κ1) is 15.5. The maximum atomic E-state index is 11.1. The van der Waals surface area contributed by atoms with Crippen LogP contribution in [0.5, 0.6) is 0 Å². The number of aldehydes is 1. The van der Waals surface area contributed by atoms with Gasteiger partial charge in [-0.1, -0.05) is 18.2 Å². The van der Waals surface area contributed by atoms with Gasteiger partial charge in [0.15, 0.2) is 5.65 Å². The maximum absolute atomic E-state index is 11.1. The highest BCUT2D eigenvalue weighted by Crippen LogP contribution is 2.29. The lowest BCUT2D eigenvalue weighted by molar-refractivity contribution is 0.112. The zero-order valence-electron chi connectivity index (χ0n) is 14.6. The molecule has 4 aromatic heterocycles. The summed E-state index contributed by atoms with van der Waals surface area (Å²) < 4.78 is 4.25. The minimum Gasteiger partial charge on any atom is -0.333 e. The van der Waals surface area contributed by atoms with Crippen molar-refractivity contribution in [1.29, 1.82) is 0 Å². The van der Waals surface area contributed by atoms with Crippen molar-refractivity contribution < 1.29 is 4.79 Å². The first-order valence-electron chi connectivity index (χ1n) is 8.63. The summed E-state index contributed by atoms with van der Waals surface area (Å²) in [5, 5.41) is 15.7. The van der Waals surface area contributed by atoms with Gasteiger partial charge in [-0.05, 0) is 42.8 Å². The van der Waals surface area contributed by atoms with Crippen LogP contribution < -0.4 is 0 Å². The van der Waals surface area contributed by atoms with Gasteiger partial charge in [0.25, 0.3) is 0 Å². The molecule has 7 heteroatoms. The Kier molecular flexibility index (Phi) is 3.39. The molecule has 4 heterocycles. The standard InChI is InChI=1S/C20H16N6O/c1-13-22-24-20-6-5-17-19(26(13)20)10-18(16-7-8-21-23-16)25(17)11-14-3-2-4-15(9-14)12-27/h2-10,12H,11H2,1H3,(H,21,23). The van der Waals surface area contributed by atoms with E-state index >= 15 is 0 Å². The minimum atomic E-state index is 0.625. The third kappa shape index (κ3) is 2.43. The van der Waals surface area contributed by atoms with Crippen molar-refractivity contribution >= 4 is 23.0 Å². The molecule has 0 fully saturated rings. The van der Waals surface area contributed by atoms with E-state index in [0.29, 0.717) is 12.1 Å². The third-order valence-corrected chi connectivity index (χ3v) is 4.79. The van der Waals surface area contributed by atoms with Crippen LogP contribution in [0.1, 0.15) is 21.7 Å². The summed E-state index contributed by atoms with van der Waals surface area (Å²) in [5.74, 6) is 0.837. The summed E-state index contributed by atoms with van der Waals surface area (Å²) in [7, 11) is 0. The smallest absolute Gasteiger partial charge is 0.161 e. The molecule has 1 aromatic carbocycles. The number of rotatable bonds is 4. The predicted octanol–water partition coefficient (Wildman–Crippen LogP) is 3.24. The van der Waals surface area contributed by atoms with Gasteiger partial charge < -0.3 is 4.57 Å². The summed E-state index contributed by atoms with van der Waals surface area (Å²) in [6.45, 7) is 2.57. The van der Waals surface area contributed by atoms with Crippen molar-refractivity contribution in [2.75, 3.05) is 0 Å². The molecule has 7 nitrogen and oxygen atoms in total. The molecule has 0 bridgehead atoms. The van der Waals surface area contributed by atoms with Gasteiger partial charge in [-0.2, -0.15) is 5.10 Å². The van der Waals surface area contributed by atoms with Crippen molar-refractivity contribution in [3.05, 3.63) is 71.7 Å². The van der Waals surface area contributed by atoms with E-state index < -0.39 is 0 Å². The highest BCUT2D eigenvalue weighted by Gasteiger charge is 2.16. The summed E-state index contributed by atoms with van der Waals surface area (Å²) in [5.41, 5.74) is 6.46. The van der Waals surface area contributed by atoms with Crippen LogP contribution in [-0.4, -0.2) is 35.6 Å². The van der Waals surface area contributed by atoms with Crippen LogP contribution in [0.2, 0.25) is 0 Å². The van der Waals surface area contributed by atoms with E-state index in [4.69, 9.17) is 0 Å². The Labute approximate surface area is 154 Å². The third-order valence-electron chi connectivity index (χ3n) is 4.79. The largest absolute Gasteiger partial charge is 0.333 e. The number of fused-ring (bicyclic) bond motifs is 3. The predicted molar refractivity (Wildman–Crippen MR) is 102 cm³/mol. The quantitative estimate of drug-likeness (QED) is 0.501. The lowest BCUT2D eigenvalue weighted by Gasteiger charge is -2.10. The van der Waals surface area contributed by atoms with Crippen LogP contribution in [0, 0.1) is 6.92 Å². The molecule has 0 saturated heterocycles. The first-order chi connectivity index (χ1) is 13.2. The van der Waals surface area contributed by atoms with Gasteiger partial charge in [0.05, 0.1) is 16.7 Å². The van der Waals surface area contributed by atoms with Crippen LogP contribution in [0.3, 0.4) is 0 Å². The summed E-state index contributed by atoms with van der Waals surface area (Å²) in [4.78, 5) is 11.1. The van der Waals surface area contributed by atoms with Crippen LogP contribution >= 0.6 is 0 Å². The first-order valence-corrected chi connectivity index (χ1v) is 8.63. The van der Waals surface area contributed by atoms with Crippen molar-refractivity contribution in [2.45, 2.75) is 13.5 Å². The van der Waals surface area contributed by atoms with Crippen molar-refractivity contribution in [2.24, 2.45) is 0 Å². The minimum absolute atomic E-state index is 0.625. The zero-order valence-corrected chi connectivity index (χ0v) is 14.6. The number of H-pyrrole nitrogens is 1. The van der Waals surface area contributed by atoms with Gasteiger partial charge in [-0.3, -0.25) is 14.3 Å². The molecular formula is C20H16N6O. The van der Waals surface area contributed by atoms with E-state index in [9.17, 15) is 4.79 Å². The molecule has 132 valence electrons. The molecule has 0 saturated carbocycles. The molecule has 27 heavy (non-hydrogen) atoms. The molecule has 0 amide bonds. The number of benzene rings is 1. The fourth-order valence-electron chi connectivity index (χ4n) is 3.57. The van der Waals surface area contributed by atoms with Gasteiger partial charge in [0, 0.05) is 18.3 Å². The Morgan fingerprint density at radius 2 is 2.00 bits per heavy atom.